The van der Waals surface area contributed by atoms with Gasteiger partial charge >= 0.3 is 0 Å². The van der Waals surface area contributed by atoms with E-state index in [2.05, 4.69) is 4.98 Å². The van der Waals surface area contributed by atoms with E-state index in [1.807, 2.05) is 0 Å². The van der Waals surface area contributed by atoms with Gasteiger partial charge in [-0.05, 0) is 13.8 Å². The van der Waals surface area contributed by atoms with Gasteiger partial charge in [-0.25, -0.2) is 9.37 Å². The third-order valence-corrected chi connectivity index (χ3v) is 1.55. The summed E-state index contributed by atoms with van der Waals surface area (Å²) >= 11 is 0. The minimum Gasteiger partial charge on any atom is -0.330 e. The van der Waals surface area contributed by atoms with Gasteiger partial charge in [-0.15, -0.1) is 0 Å². The van der Waals surface area contributed by atoms with E-state index in [9.17, 15) is 9.18 Å². The van der Waals surface area contributed by atoms with Crippen molar-refractivity contribution in [3.8, 4) is 0 Å². The summed E-state index contributed by atoms with van der Waals surface area (Å²) in [7, 11) is 0. The molecule has 66 valence electrons. The van der Waals surface area contributed by atoms with Gasteiger partial charge in [-0.1, -0.05) is 0 Å². The molecule has 0 amide bonds. The monoisotopic (exact) mass is 170 g/mol. The maximum Gasteiger partial charge on any atom is 0.188 e. The van der Waals surface area contributed by atoms with E-state index < -0.39 is 11.5 Å². The molecule has 1 heterocycles. The van der Waals surface area contributed by atoms with Gasteiger partial charge in [0.1, 0.15) is 0 Å². The number of aromatic nitrogens is 2. The van der Waals surface area contributed by atoms with Crippen LogP contribution in [0.25, 0.3) is 0 Å². The number of nitrogens with zero attached hydrogens (tertiary/aromatic N) is 2. The Labute approximate surface area is 70.2 Å². The first-order valence-corrected chi connectivity index (χ1v) is 3.68. The molecule has 0 bridgehead atoms. The molecule has 0 aromatic carbocycles. The lowest BCUT2D eigenvalue weighted by Gasteiger charge is -2.12. The van der Waals surface area contributed by atoms with Gasteiger partial charge in [-0.3, -0.25) is 4.79 Å². The molecule has 0 atom stereocenters. The molecule has 0 saturated heterocycles. The lowest BCUT2D eigenvalue weighted by molar-refractivity contribution is -0.129. The fourth-order valence-corrected chi connectivity index (χ4v) is 0.734. The highest BCUT2D eigenvalue weighted by Crippen LogP contribution is 2.10. The van der Waals surface area contributed by atoms with E-state index in [1.165, 1.54) is 20.2 Å². The first kappa shape index (κ1) is 8.90. The van der Waals surface area contributed by atoms with Crippen LogP contribution in [0.5, 0.6) is 0 Å². The Bertz CT molecular complexity index is 261. The van der Waals surface area contributed by atoms with Crippen LogP contribution in [-0.4, -0.2) is 21.0 Å². The zero-order valence-corrected chi connectivity index (χ0v) is 7.12. The summed E-state index contributed by atoms with van der Waals surface area (Å²) in [5.41, 5.74) is -1.76. The molecule has 0 fully saturated rings. The first-order valence-electron chi connectivity index (χ1n) is 3.68. The lowest BCUT2D eigenvalue weighted by Crippen LogP contribution is -2.29. The number of rotatable bonds is 3. The van der Waals surface area contributed by atoms with E-state index in [0.29, 0.717) is 0 Å². The molecular weight excluding hydrogens is 159 g/mol. The molecule has 4 heteroatoms. The molecule has 0 aliphatic carbocycles. The summed E-state index contributed by atoms with van der Waals surface area (Å²) in [4.78, 5) is 14.9. The van der Waals surface area contributed by atoms with Gasteiger partial charge < -0.3 is 4.57 Å². The van der Waals surface area contributed by atoms with Crippen LogP contribution >= 0.6 is 0 Å². The molecule has 0 aliphatic heterocycles. The molecule has 0 unspecified atom stereocenters. The minimum atomic E-state index is -1.76. The fraction of sp³-hybridized carbons (Fsp3) is 0.500. The highest BCUT2D eigenvalue weighted by Gasteiger charge is 2.25. The summed E-state index contributed by atoms with van der Waals surface area (Å²) in [6.45, 7) is 2.56. The predicted molar refractivity (Wildman–Crippen MR) is 42.4 cm³/mol. The Morgan fingerprint density at radius 1 is 1.67 bits per heavy atom. The third-order valence-electron chi connectivity index (χ3n) is 1.55. The number of hydrogen-bond donors (Lipinski definition) is 0. The number of carbonyl (C=O) groups is 1. The molecule has 1 aromatic heterocycles. The average Bonchev–Trinajstić information content (AvgIpc) is 2.37. The van der Waals surface area contributed by atoms with Crippen molar-refractivity contribution in [2.45, 2.75) is 26.1 Å². The number of hydrogen-bond acceptors (Lipinski definition) is 2. The van der Waals surface area contributed by atoms with Crippen molar-refractivity contribution in [1.82, 2.24) is 9.55 Å². The second kappa shape index (κ2) is 3.05. The molecular formula is C8H11FN2O. The Balaban J connectivity index is 2.60. The standard InChI is InChI=1S/C8H11FN2O/c1-8(2,9)7(12)5-11-4-3-10-6-11/h3-4,6H,5H2,1-2H3. The number of halogens is 1. The number of Topliss-reactive ketones (excluding diaryl/α,β-unsaturated/α-hetero) is 1. The zero-order chi connectivity index (χ0) is 9.19. The van der Waals surface area contributed by atoms with Crippen LogP contribution in [0.4, 0.5) is 4.39 Å². The summed E-state index contributed by atoms with van der Waals surface area (Å²) in [6.07, 6.45) is 4.67. The number of alkyl halides is 1. The van der Waals surface area contributed by atoms with Gasteiger partial charge in [0.15, 0.2) is 11.5 Å². The first-order chi connectivity index (χ1) is 5.50. The van der Waals surface area contributed by atoms with E-state index >= 15 is 0 Å². The van der Waals surface area contributed by atoms with Crippen LogP contribution in [0.3, 0.4) is 0 Å². The van der Waals surface area contributed by atoms with Crippen molar-refractivity contribution < 1.29 is 9.18 Å². The summed E-state index contributed by atoms with van der Waals surface area (Å²) in [5, 5.41) is 0. The molecule has 3 nitrogen and oxygen atoms in total. The van der Waals surface area contributed by atoms with Crippen molar-refractivity contribution in [1.29, 1.82) is 0 Å². The average molecular weight is 170 g/mol. The number of carbonyl (C=O) groups excluding carboxylic acids is 1. The number of imidazole rings is 1. The summed E-state index contributed by atoms with van der Waals surface area (Å²) in [5.74, 6) is -0.444. The Hall–Kier alpha value is -1.19. The molecule has 0 N–H and O–H groups in total. The molecule has 0 aliphatic rings. The van der Waals surface area contributed by atoms with E-state index in [0.717, 1.165) is 0 Å². The smallest absolute Gasteiger partial charge is 0.188 e. The van der Waals surface area contributed by atoms with Gasteiger partial charge in [0.2, 0.25) is 0 Å². The molecule has 12 heavy (non-hydrogen) atoms. The summed E-state index contributed by atoms with van der Waals surface area (Å²) < 4.78 is 14.5. The van der Waals surface area contributed by atoms with Crippen LogP contribution in [0, 0.1) is 0 Å². The van der Waals surface area contributed by atoms with Crippen LogP contribution in [0.15, 0.2) is 18.7 Å². The van der Waals surface area contributed by atoms with E-state index in [4.69, 9.17) is 0 Å². The molecule has 0 spiro atoms. The second-order valence-electron chi connectivity index (χ2n) is 3.13. The third kappa shape index (κ3) is 2.15. The van der Waals surface area contributed by atoms with Crippen molar-refractivity contribution in [2.24, 2.45) is 0 Å². The fourth-order valence-electron chi connectivity index (χ4n) is 0.734. The SMILES string of the molecule is CC(C)(F)C(=O)Cn1ccnc1. The predicted octanol–water partition coefficient (Wildman–Crippen LogP) is 1.20. The van der Waals surface area contributed by atoms with Crippen LogP contribution in [-0.2, 0) is 11.3 Å². The minimum absolute atomic E-state index is 0.0451. The second-order valence-corrected chi connectivity index (χ2v) is 3.13. The van der Waals surface area contributed by atoms with Crippen molar-refractivity contribution >= 4 is 5.78 Å². The van der Waals surface area contributed by atoms with Crippen LogP contribution in [0.2, 0.25) is 0 Å². The van der Waals surface area contributed by atoms with Gasteiger partial charge in [0.05, 0.1) is 12.9 Å². The van der Waals surface area contributed by atoms with E-state index in [1.54, 1.807) is 17.0 Å². The maximum absolute atomic E-state index is 13.0. The quantitative estimate of drug-likeness (QED) is 0.683. The lowest BCUT2D eigenvalue weighted by atomic mass is 10.1. The van der Waals surface area contributed by atoms with Gasteiger partial charge in [0, 0.05) is 12.4 Å². The number of ketones is 1. The Morgan fingerprint density at radius 3 is 2.75 bits per heavy atom. The Morgan fingerprint density at radius 2 is 2.33 bits per heavy atom. The van der Waals surface area contributed by atoms with Gasteiger partial charge in [-0.2, -0.15) is 0 Å². The zero-order valence-electron chi connectivity index (χ0n) is 7.12. The maximum atomic E-state index is 13.0. The Kier molecular flexibility index (Phi) is 2.26. The van der Waals surface area contributed by atoms with Crippen LogP contribution < -0.4 is 0 Å². The largest absolute Gasteiger partial charge is 0.330 e. The van der Waals surface area contributed by atoms with Crippen molar-refractivity contribution in [3.05, 3.63) is 18.7 Å². The van der Waals surface area contributed by atoms with Crippen molar-refractivity contribution in [3.63, 3.8) is 0 Å². The highest BCUT2D eigenvalue weighted by molar-refractivity contribution is 5.86. The molecule has 1 rings (SSSR count). The summed E-state index contributed by atoms with van der Waals surface area (Å²) in [6, 6.07) is 0. The van der Waals surface area contributed by atoms with Crippen LogP contribution in [0.1, 0.15) is 13.8 Å². The normalized spacial score (nSPS) is 11.6. The molecule has 0 saturated carbocycles. The molecule has 0 radical (unpaired) electrons. The van der Waals surface area contributed by atoms with Crippen molar-refractivity contribution in [2.75, 3.05) is 0 Å². The topological polar surface area (TPSA) is 34.9 Å². The highest BCUT2D eigenvalue weighted by atomic mass is 19.1. The molecule has 1 aromatic rings. The van der Waals surface area contributed by atoms with Gasteiger partial charge in [0.25, 0.3) is 0 Å². The van der Waals surface area contributed by atoms with E-state index in [-0.39, 0.29) is 6.54 Å².